The molecule has 0 aromatic heterocycles. The molecule has 6 heteroatoms. The number of fused-ring (bicyclic) bond motifs is 1. The Balaban J connectivity index is 1.70. The van der Waals surface area contributed by atoms with E-state index in [-0.39, 0.29) is 0 Å². The van der Waals surface area contributed by atoms with Gasteiger partial charge in [-0.2, -0.15) is 4.31 Å². The number of hydrogen-bond donors (Lipinski definition) is 1. The Bertz CT molecular complexity index is 609. The van der Waals surface area contributed by atoms with Crippen molar-refractivity contribution in [2.75, 3.05) is 45.1 Å². The molecule has 21 heavy (non-hydrogen) atoms. The number of likely N-dealkylation sites (N-methyl/N-ethyl adjacent to an activating group) is 1. The zero-order valence-corrected chi connectivity index (χ0v) is 13.3. The van der Waals surface area contributed by atoms with Crippen LogP contribution >= 0.6 is 0 Å². The molecule has 0 radical (unpaired) electrons. The summed E-state index contributed by atoms with van der Waals surface area (Å²) < 4.78 is 26.7. The Hall–Kier alpha value is -1.11. The van der Waals surface area contributed by atoms with E-state index < -0.39 is 10.0 Å². The first-order valence-corrected chi connectivity index (χ1v) is 9.07. The van der Waals surface area contributed by atoms with Crippen molar-refractivity contribution in [2.24, 2.45) is 0 Å². The number of rotatable bonds is 5. The van der Waals surface area contributed by atoms with E-state index in [1.807, 2.05) is 12.1 Å². The number of nitrogens with one attached hydrogen (secondary N) is 1. The molecule has 0 saturated carbocycles. The summed E-state index contributed by atoms with van der Waals surface area (Å²) in [4.78, 5) is 2.74. The second-order valence-electron chi connectivity index (χ2n) is 5.87. The molecule has 1 N–H and O–H groups in total. The van der Waals surface area contributed by atoms with Crippen LogP contribution in [-0.4, -0.2) is 57.4 Å². The SMILES string of the molecule is CN(CCN1CCCC1)S(=O)(=O)c1ccc2c(c1)CCN2. The molecule has 116 valence electrons. The molecule has 2 aliphatic heterocycles. The zero-order valence-electron chi connectivity index (χ0n) is 12.5. The highest BCUT2D eigenvalue weighted by Gasteiger charge is 2.23. The maximum atomic E-state index is 12.6. The van der Waals surface area contributed by atoms with Crippen LogP contribution in [0.25, 0.3) is 0 Å². The molecule has 0 aliphatic carbocycles. The average Bonchev–Trinajstić information content (AvgIpc) is 3.14. The molecule has 0 unspecified atom stereocenters. The lowest BCUT2D eigenvalue weighted by molar-refractivity contribution is 0.310. The van der Waals surface area contributed by atoms with Crippen molar-refractivity contribution in [3.63, 3.8) is 0 Å². The quantitative estimate of drug-likeness (QED) is 0.892. The predicted octanol–water partition coefficient (Wildman–Crippen LogP) is 1.37. The van der Waals surface area contributed by atoms with E-state index in [1.54, 1.807) is 13.1 Å². The van der Waals surface area contributed by atoms with Gasteiger partial charge in [-0.05, 0) is 56.1 Å². The second kappa shape index (κ2) is 5.94. The third kappa shape index (κ3) is 3.07. The van der Waals surface area contributed by atoms with E-state index in [4.69, 9.17) is 0 Å². The summed E-state index contributed by atoms with van der Waals surface area (Å²) in [5, 5.41) is 3.26. The van der Waals surface area contributed by atoms with Crippen LogP contribution in [-0.2, 0) is 16.4 Å². The van der Waals surface area contributed by atoms with Crippen molar-refractivity contribution in [2.45, 2.75) is 24.2 Å². The Morgan fingerprint density at radius 3 is 2.81 bits per heavy atom. The Morgan fingerprint density at radius 1 is 1.29 bits per heavy atom. The average molecular weight is 309 g/mol. The first-order chi connectivity index (χ1) is 10.1. The molecule has 5 nitrogen and oxygen atoms in total. The van der Waals surface area contributed by atoms with E-state index in [1.165, 1.54) is 17.1 Å². The van der Waals surface area contributed by atoms with Crippen molar-refractivity contribution in [3.8, 4) is 0 Å². The van der Waals surface area contributed by atoms with Gasteiger partial charge in [-0.1, -0.05) is 0 Å². The number of likely N-dealkylation sites (tertiary alicyclic amines) is 1. The van der Waals surface area contributed by atoms with Crippen LogP contribution in [0.15, 0.2) is 23.1 Å². The van der Waals surface area contributed by atoms with E-state index in [0.717, 1.165) is 43.9 Å². The standard InChI is InChI=1S/C15H23N3O2S/c1-17(10-11-18-8-2-3-9-18)21(19,20)14-4-5-15-13(12-14)6-7-16-15/h4-5,12,16H,2-3,6-11H2,1H3. The molecule has 0 bridgehead atoms. The van der Waals surface area contributed by atoms with Crippen LogP contribution in [0.3, 0.4) is 0 Å². The van der Waals surface area contributed by atoms with Gasteiger partial charge in [0.25, 0.3) is 0 Å². The van der Waals surface area contributed by atoms with Crippen LogP contribution in [0.5, 0.6) is 0 Å². The van der Waals surface area contributed by atoms with Gasteiger partial charge >= 0.3 is 0 Å². The Labute approximate surface area is 127 Å². The first-order valence-electron chi connectivity index (χ1n) is 7.63. The summed E-state index contributed by atoms with van der Waals surface area (Å²) in [6.45, 7) is 4.46. The normalized spacial score (nSPS) is 19.0. The van der Waals surface area contributed by atoms with E-state index in [9.17, 15) is 8.42 Å². The highest BCUT2D eigenvalue weighted by Crippen LogP contribution is 2.26. The van der Waals surface area contributed by atoms with Gasteiger partial charge < -0.3 is 10.2 Å². The minimum absolute atomic E-state index is 0.411. The summed E-state index contributed by atoms with van der Waals surface area (Å²) in [7, 11) is -1.70. The maximum Gasteiger partial charge on any atom is 0.242 e. The lowest BCUT2D eigenvalue weighted by Gasteiger charge is -2.21. The minimum atomic E-state index is -3.37. The van der Waals surface area contributed by atoms with Crippen LogP contribution in [0.4, 0.5) is 5.69 Å². The van der Waals surface area contributed by atoms with Crippen LogP contribution in [0.2, 0.25) is 0 Å². The smallest absolute Gasteiger partial charge is 0.242 e. The molecule has 1 fully saturated rings. The van der Waals surface area contributed by atoms with Crippen molar-refractivity contribution in [3.05, 3.63) is 23.8 Å². The number of hydrogen-bond acceptors (Lipinski definition) is 4. The summed E-state index contributed by atoms with van der Waals surface area (Å²) in [5.41, 5.74) is 2.16. The molecule has 2 aliphatic rings. The first kappa shape index (κ1) is 14.8. The van der Waals surface area contributed by atoms with Gasteiger partial charge in [0.1, 0.15) is 0 Å². The van der Waals surface area contributed by atoms with Crippen LogP contribution < -0.4 is 5.32 Å². The molecule has 1 aromatic carbocycles. The maximum absolute atomic E-state index is 12.6. The fourth-order valence-electron chi connectivity index (χ4n) is 3.03. The molecule has 0 spiro atoms. The second-order valence-corrected chi connectivity index (χ2v) is 7.92. The number of benzene rings is 1. The lowest BCUT2D eigenvalue weighted by Crippen LogP contribution is -2.35. The monoisotopic (exact) mass is 309 g/mol. The van der Waals surface area contributed by atoms with Crippen molar-refractivity contribution >= 4 is 15.7 Å². The molecule has 3 rings (SSSR count). The van der Waals surface area contributed by atoms with Gasteiger partial charge in [0.2, 0.25) is 10.0 Å². The van der Waals surface area contributed by atoms with Crippen LogP contribution in [0.1, 0.15) is 18.4 Å². The molecular weight excluding hydrogens is 286 g/mol. The highest BCUT2D eigenvalue weighted by molar-refractivity contribution is 7.89. The van der Waals surface area contributed by atoms with Gasteiger partial charge in [0.15, 0.2) is 0 Å². The fourth-order valence-corrected chi connectivity index (χ4v) is 4.24. The summed E-state index contributed by atoms with van der Waals surface area (Å²) in [6.07, 6.45) is 3.36. The third-order valence-electron chi connectivity index (χ3n) is 4.42. The van der Waals surface area contributed by atoms with Gasteiger partial charge in [-0.25, -0.2) is 8.42 Å². The Kier molecular flexibility index (Phi) is 4.19. The molecule has 1 aromatic rings. The minimum Gasteiger partial charge on any atom is -0.384 e. The highest BCUT2D eigenvalue weighted by atomic mass is 32.2. The van der Waals surface area contributed by atoms with E-state index in [2.05, 4.69) is 10.2 Å². The number of nitrogens with zero attached hydrogens (tertiary/aromatic N) is 2. The lowest BCUT2D eigenvalue weighted by atomic mass is 10.2. The third-order valence-corrected chi connectivity index (χ3v) is 6.28. The molecule has 0 amide bonds. The number of sulfonamides is 1. The molecule has 1 saturated heterocycles. The topological polar surface area (TPSA) is 52.7 Å². The summed E-state index contributed by atoms with van der Waals surface area (Å²) >= 11 is 0. The van der Waals surface area contributed by atoms with E-state index >= 15 is 0 Å². The largest absolute Gasteiger partial charge is 0.384 e. The summed E-state index contributed by atoms with van der Waals surface area (Å²) in [6, 6.07) is 5.40. The Morgan fingerprint density at radius 2 is 2.05 bits per heavy atom. The summed E-state index contributed by atoms with van der Waals surface area (Å²) in [5.74, 6) is 0. The van der Waals surface area contributed by atoms with Crippen molar-refractivity contribution in [1.82, 2.24) is 9.21 Å². The van der Waals surface area contributed by atoms with Crippen molar-refractivity contribution in [1.29, 1.82) is 0 Å². The molecule has 0 atom stereocenters. The number of anilines is 1. The van der Waals surface area contributed by atoms with Crippen molar-refractivity contribution < 1.29 is 8.42 Å². The molecular formula is C15H23N3O2S. The van der Waals surface area contributed by atoms with Gasteiger partial charge in [-0.3, -0.25) is 0 Å². The predicted molar refractivity (Wildman–Crippen MR) is 84.1 cm³/mol. The van der Waals surface area contributed by atoms with Gasteiger partial charge in [0.05, 0.1) is 4.90 Å². The fraction of sp³-hybridized carbons (Fsp3) is 0.600. The van der Waals surface area contributed by atoms with Gasteiger partial charge in [-0.15, -0.1) is 0 Å². The molecule has 2 heterocycles. The van der Waals surface area contributed by atoms with Crippen LogP contribution in [0, 0.1) is 0 Å². The van der Waals surface area contributed by atoms with E-state index in [0.29, 0.717) is 11.4 Å². The van der Waals surface area contributed by atoms with Gasteiger partial charge in [0, 0.05) is 32.4 Å². The zero-order chi connectivity index (χ0) is 14.9.